The fourth-order valence-electron chi connectivity index (χ4n) is 3.24. The first-order valence-electron chi connectivity index (χ1n) is 9.48. The van der Waals surface area contributed by atoms with E-state index in [-0.39, 0.29) is 36.5 Å². The van der Waals surface area contributed by atoms with E-state index in [0.717, 1.165) is 17.1 Å². The summed E-state index contributed by atoms with van der Waals surface area (Å²) in [5.41, 5.74) is -1.87. The Morgan fingerprint density at radius 1 is 1.23 bits per heavy atom. The van der Waals surface area contributed by atoms with E-state index in [1.807, 2.05) is 0 Å². The standard InChI is InChI=1S/C17H21F5N6O2S/c1-2-31(29,30)28-5-3-11(4-6-28)25-16-23-7-12(17(20,21)22)15(26-16)13-8-27(10-24-13)9-14(18)19/h7-8,10-11,14H,2-6,9H2,1H3,(H,23,25,26). The Balaban J connectivity index is 1.80. The van der Waals surface area contributed by atoms with E-state index in [2.05, 4.69) is 20.3 Å². The summed E-state index contributed by atoms with van der Waals surface area (Å²) in [7, 11) is -3.30. The molecular weight excluding hydrogens is 447 g/mol. The Bertz CT molecular complexity index is 1000. The normalized spacial score (nSPS) is 16.7. The molecule has 0 aromatic carbocycles. The zero-order valence-corrected chi connectivity index (χ0v) is 17.3. The van der Waals surface area contributed by atoms with Crippen LogP contribution in [0, 0.1) is 0 Å². The molecule has 172 valence electrons. The maximum absolute atomic E-state index is 13.4. The van der Waals surface area contributed by atoms with Crippen LogP contribution in [0.1, 0.15) is 25.3 Å². The Kier molecular flexibility index (Phi) is 6.79. The molecule has 2 aromatic rings. The summed E-state index contributed by atoms with van der Waals surface area (Å²) in [5.74, 6) is -0.0856. The average molecular weight is 468 g/mol. The average Bonchev–Trinajstić information content (AvgIpc) is 3.15. The number of nitrogens with zero attached hydrogens (tertiary/aromatic N) is 5. The molecule has 0 aliphatic carbocycles. The zero-order chi connectivity index (χ0) is 22.8. The molecule has 1 aliphatic rings. The number of piperidine rings is 1. The molecule has 1 fully saturated rings. The molecular formula is C17H21F5N6O2S. The van der Waals surface area contributed by atoms with Crippen molar-refractivity contribution < 1.29 is 30.4 Å². The lowest BCUT2D eigenvalue weighted by atomic mass is 10.1. The number of aromatic nitrogens is 4. The number of sulfonamides is 1. The molecule has 1 saturated heterocycles. The summed E-state index contributed by atoms with van der Waals surface area (Å²) in [6.07, 6.45) is -3.88. The molecule has 8 nitrogen and oxygen atoms in total. The minimum atomic E-state index is -4.76. The fourth-order valence-corrected chi connectivity index (χ4v) is 4.37. The summed E-state index contributed by atoms with van der Waals surface area (Å²) in [6.45, 7) is 1.41. The lowest BCUT2D eigenvalue weighted by molar-refractivity contribution is -0.137. The van der Waals surface area contributed by atoms with Gasteiger partial charge < -0.3 is 9.88 Å². The van der Waals surface area contributed by atoms with Crippen molar-refractivity contribution in [2.75, 3.05) is 24.2 Å². The molecule has 3 heterocycles. The van der Waals surface area contributed by atoms with Crippen LogP contribution in [0.15, 0.2) is 18.7 Å². The fraction of sp³-hybridized carbons (Fsp3) is 0.588. The summed E-state index contributed by atoms with van der Waals surface area (Å²) in [5, 5.41) is 2.93. The lowest BCUT2D eigenvalue weighted by Gasteiger charge is -2.31. The van der Waals surface area contributed by atoms with E-state index < -0.39 is 40.4 Å². The summed E-state index contributed by atoms with van der Waals surface area (Å²) in [6, 6.07) is -0.232. The second-order valence-corrected chi connectivity index (χ2v) is 9.28. The van der Waals surface area contributed by atoms with Crippen LogP contribution in [-0.2, 0) is 22.7 Å². The highest BCUT2D eigenvalue weighted by Gasteiger charge is 2.36. The summed E-state index contributed by atoms with van der Waals surface area (Å²) >= 11 is 0. The molecule has 14 heteroatoms. The number of hydrogen-bond donors (Lipinski definition) is 1. The third-order valence-corrected chi connectivity index (χ3v) is 6.75. The molecule has 0 radical (unpaired) electrons. The Morgan fingerprint density at radius 2 is 1.90 bits per heavy atom. The second kappa shape index (κ2) is 9.02. The van der Waals surface area contributed by atoms with Crippen molar-refractivity contribution in [3.8, 4) is 11.4 Å². The van der Waals surface area contributed by atoms with Gasteiger partial charge in [0.15, 0.2) is 0 Å². The smallest absolute Gasteiger partial charge is 0.351 e. The highest BCUT2D eigenvalue weighted by atomic mass is 32.2. The first kappa shape index (κ1) is 23.3. The van der Waals surface area contributed by atoms with Crippen LogP contribution in [0.2, 0.25) is 0 Å². The van der Waals surface area contributed by atoms with Gasteiger partial charge in [0, 0.05) is 31.5 Å². The predicted molar refractivity (Wildman–Crippen MR) is 102 cm³/mol. The van der Waals surface area contributed by atoms with Gasteiger partial charge in [0.25, 0.3) is 6.43 Å². The number of nitrogens with one attached hydrogen (secondary N) is 1. The quantitative estimate of drug-likeness (QED) is 0.629. The SMILES string of the molecule is CCS(=O)(=O)N1CCC(Nc2ncc(C(F)(F)F)c(-c3cn(CC(F)F)cn3)n2)CC1. The van der Waals surface area contributed by atoms with Gasteiger partial charge in [0.2, 0.25) is 16.0 Å². The van der Waals surface area contributed by atoms with Crippen molar-refractivity contribution >= 4 is 16.0 Å². The second-order valence-electron chi connectivity index (χ2n) is 7.02. The number of anilines is 1. The van der Waals surface area contributed by atoms with Crippen LogP contribution < -0.4 is 5.32 Å². The number of hydrogen-bond acceptors (Lipinski definition) is 6. The maximum atomic E-state index is 13.4. The maximum Gasteiger partial charge on any atom is 0.420 e. The molecule has 31 heavy (non-hydrogen) atoms. The predicted octanol–water partition coefficient (Wildman–Crippen LogP) is 2.85. The topological polar surface area (TPSA) is 93.0 Å². The highest BCUT2D eigenvalue weighted by Crippen LogP contribution is 2.35. The van der Waals surface area contributed by atoms with Gasteiger partial charge in [-0.15, -0.1) is 0 Å². The molecule has 0 spiro atoms. The summed E-state index contributed by atoms with van der Waals surface area (Å²) < 4.78 is 91.6. The third-order valence-electron chi connectivity index (χ3n) is 4.86. The Hall–Kier alpha value is -2.35. The highest BCUT2D eigenvalue weighted by molar-refractivity contribution is 7.89. The van der Waals surface area contributed by atoms with Crippen LogP contribution in [0.25, 0.3) is 11.4 Å². The first-order valence-corrected chi connectivity index (χ1v) is 11.1. The lowest BCUT2D eigenvalue weighted by Crippen LogP contribution is -2.43. The molecule has 0 saturated carbocycles. The van der Waals surface area contributed by atoms with Gasteiger partial charge in [-0.1, -0.05) is 0 Å². The van der Waals surface area contributed by atoms with Gasteiger partial charge in [0.1, 0.15) is 17.0 Å². The zero-order valence-electron chi connectivity index (χ0n) is 16.5. The van der Waals surface area contributed by atoms with Crippen LogP contribution in [-0.4, -0.2) is 63.6 Å². The molecule has 0 bridgehead atoms. The van der Waals surface area contributed by atoms with Crippen LogP contribution >= 0.6 is 0 Å². The first-order chi connectivity index (χ1) is 14.5. The van der Waals surface area contributed by atoms with E-state index in [0.29, 0.717) is 19.0 Å². The van der Waals surface area contributed by atoms with E-state index in [9.17, 15) is 30.4 Å². The summed E-state index contributed by atoms with van der Waals surface area (Å²) in [4.78, 5) is 11.5. The molecule has 3 rings (SSSR count). The number of imidazole rings is 1. The Morgan fingerprint density at radius 3 is 2.48 bits per heavy atom. The van der Waals surface area contributed by atoms with Crippen LogP contribution in [0.5, 0.6) is 0 Å². The molecule has 0 amide bonds. The number of alkyl halides is 5. The monoisotopic (exact) mass is 468 g/mol. The van der Waals surface area contributed by atoms with E-state index >= 15 is 0 Å². The third kappa shape index (κ3) is 5.67. The van der Waals surface area contributed by atoms with Crippen LogP contribution in [0.3, 0.4) is 0 Å². The van der Waals surface area contributed by atoms with Crippen molar-refractivity contribution in [2.45, 2.75) is 45.0 Å². The number of halogens is 5. The molecule has 0 atom stereocenters. The largest absolute Gasteiger partial charge is 0.420 e. The minimum absolute atomic E-state index is 0.00528. The van der Waals surface area contributed by atoms with Gasteiger partial charge in [-0.3, -0.25) is 0 Å². The van der Waals surface area contributed by atoms with Gasteiger partial charge >= 0.3 is 6.18 Å². The molecule has 1 aliphatic heterocycles. The van der Waals surface area contributed by atoms with Crippen molar-refractivity contribution in [1.29, 1.82) is 0 Å². The van der Waals surface area contributed by atoms with Crippen LogP contribution in [0.4, 0.5) is 27.9 Å². The minimum Gasteiger partial charge on any atom is -0.351 e. The van der Waals surface area contributed by atoms with Crippen molar-refractivity contribution in [2.24, 2.45) is 0 Å². The molecule has 2 aromatic heterocycles. The van der Waals surface area contributed by atoms with Gasteiger partial charge in [-0.25, -0.2) is 36.5 Å². The van der Waals surface area contributed by atoms with Crippen molar-refractivity contribution in [3.05, 3.63) is 24.3 Å². The van der Waals surface area contributed by atoms with Gasteiger partial charge in [-0.05, 0) is 19.8 Å². The van der Waals surface area contributed by atoms with E-state index in [4.69, 9.17) is 0 Å². The van der Waals surface area contributed by atoms with E-state index in [1.165, 1.54) is 4.31 Å². The molecule has 1 N–H and O–H groups in total. The molecule has 0 unspecified atom stereocenters. The Labute approximate surface area is 175 Å². The van der Waals surface area contributed by atoms with Gasteiger partial charge in [0.05, 0.1) is 18.6 Å². The van der Waals surface area contributed by atoms with Crippen molar-refractivity contribution in [1.82, 2.24) is 23.8 Å². The van der Waals surface area contributed by atoms with E-state index in [1.54, 1.807) is 6.92 Å². The number of rotatable bonds is 7. The van der Waals surface area contributed by atoms with Crippen molar-refractivity contribution in [3.63, 3.8) is 0 Å². The van der Waals surface area contributed by atoms with Gasteiger partial charge in [-0.2, -0.15) is 13.2 Å².